The first-order valence-corrected chi connectivity index (χ1v) is 10.3. The molecule has 1 aliphatic rings. The Morgan fingerprint density at radius 1 is 0.938 bits per heavy atom. The van der Waals surface area contributed by atoms with Crippen LogP contribution in [0.15, 0.2) is 42.5 Å². The maximum atomic E-state index is 13.1. The normalized spacial score (nSPS) is 15.9. The molecule has 0 radical (unpaired) electrons. The molecule has 1 unspecified atom stereocenters. The van der Waals surface area contributed by atoms with Gasteiger partial charge in [0.25, 0.3) is 0 Å². The number of hydrogen-bond acceptors (Lipinski definition) is 5. The van der Waals surface area contributed by atoms with Crippen molar-refractivity contribution in [1.29, 1.82) is 0 Å². The van der Waals surface area contributed by atoms with Crippen molar-refractivity contribution >= 4 is 28.9 Å². The fourth-order valence-corrected chi connectivity index (χ4v) is 3.77. The third-order valence-corrected chi connectivity index (χ3v) is 5.55. The Kier molecular flexibility index (Phi) is 5.62. The lowest BCUT2D eigenvalue weighted by atomic mass is 9.87. The van der Waals surface area contributed by atoms with Gasteiger partial charge in [-0.1, -0.05) is 19.1 Å². The van der Waals surface area contributed by atoms with Gasteiger partial charge in [0.05, 0.1) is 16.8 Å². The van der Waals surface area contributed by atoms with Crippen LogP contribution in [0.4, 0.5) is 36.3 Å². The summed E-state index contributed by atoms with van der Waals surface area (Å²) in [5.74, 6) is 0.493. The van der Waals surface area contributed by atoms with Gasteiger partial charge in [0.2, 0.25) is 5.95 Å². The molecule has 0 bridgehead atoms. The summed E-state index contributed by atoms with van der Waals surface area (Å²) in [5, 5.41) is 6.08. The van der Waals surface area contributed by atoms with Crippen molar-refractivity contribution in [3.8, 4) is 0 Å². The van der Waals surface area contributed by atoms with Crippen molar-refractivity contribution in [1.82, 2.24) is 9.97 Å². The van der Waals surface area contributed by atoms with E-state index in [1.165, 1.54) is 12.1 Å². The van der Waals surface area contributed by atoms with E-state index in [4.69, 9.17) is 0 Å². The van der Waals surface area contributed by atoms with Crippen molar-refractivity contribution in [2.75, 3.05) is 10.6 Å². The highest BCUT2D eigenvalue weighted by Crippen LogP contribution is 2.34. The summed E-state index contributed by atoms with van der Waals surface area (Å²) in [5.41, 5.74) is 3.37. The van der Waals surface area contributed by atoms with E-state index in [1.54, 1.807) is 0 Å². The molecule has 4 rings (SSSR count). The van der Waals surface area contributed by atoms with Gasteiger partial charge in [-0.3, -0.25) is 4.79 Å². The third-order valence-electron chi connectivity index (χ3n) is 5.55. The minimum Gasteiger partial charge on any atom is -0.339 e. The molecule has 2 N–H and O–H groups in total. The van der Waals surface area contributed by atoms with E-state index in [0.29, 0.717) is 24.1 Å². The van der Waals surface area contributed by atoms with E-state index in [9.17, 15) is 18.0 Å². The maximum absolute atomic E-state index is 13.1. The molecule has 0 amide bonds. The molecule has 166 valence electrons. The standard InChI is InChI=1S/C24H23F3N4O/c1-13-9-19-21(20(32)10-13)22(28-17-6-4-5-16(12-17)24(25,26)27)31-23(30-19)29-18-8-7-14(2)15(3)11-18/h4-8,11-13H,9-10H2,1-3H3,(H2,28,29,30,31). The SMILES string of the molecule is Cc1ccc(Nc2nc3c(c(Nc4cccc(C(F)(F)F)c4)n2)C(=O)CC(C)C3)cc1C. The molecule has 0 saturated carbocycles. The second-order valence-corrected chi connectivity index (χ2v) is 8.28. The average molecular weight is 440 g/mol. The summed E-state index contributed by atoms with van der Waals surface area (Å²) in [6.07, 6.45) is -3.54. The van der Waals surface area contributed by atoms with Crippen molar-refractivity contribution in [3.05, 3.63) is 70.4 Å². The Morgan fingerprint density at radius 2 is 1.69 bits per heavy atom. The maximum Gasteiger partial charge on any atom is 0.416 e. The lowest BCUT2D eigenvalue weighted by Crippen LogP contribution is -2.22. The van der Waals surface area contributed by atoms with Crippen LogP contribution in [-0.4, -0.2) is 15.8 Å². The molecule has 0 saturated heterocycles. The summed E-state index contributed by atoms with van der Waals surface area (Å²) in [6, 6.07) is 10.7. The fraction of sp³-hybridized carbons (Fsp3) is 0.292. The van der Waals surface area contributed by atoms with Crippen LogP contribution in [0.3, 0.4) is 0 Å². The van der Waals surface area contributed by atoms with Crippen molar-refractivity contribution in [3.63, 3.8) is 0 Å². The number of fused-ring (bicyclic) bond motifs is 1. The lowest BCUT2D eigenvalue weighted by molar-refractivity contribution is -0.137. The number of nitrogens with zero attached hydrogens (tertiary/aromatic N) is 2. The van der Waals surface area contributed by atoms with Gasteiger partial charge in [0.15, 0.2) is 5.78 Å². The second-order valence-electron chi connectivity index (χ2n) is 8.28. The van der Waals surface area contributed by atoms with Crippen LogP contribution in [-0.2, 0) is 12.6 Å². The Hall–Kier alpha value is -3.42. The van der Waals surface area contributed by atoms with Crippen molar-refractivity contribution in [2.45, 2.75) is 39.8 Å². The summed E-state index contributed by atoms with van der Waals surface area (Å²) in [7, 11) is 0. The lowest BCUT2D eigenvalue weighted by Gasteiger charge is -2.23. The second kappa shape index (κ2) is 8.26. The number of alkyl halides is 3. The van der Waals surface area contributed by atoms with Gasteiger partial charge < -0.3 is 10.6 Å². The first-order chi connectivity index (χ1) is 15.1. The highest BCUT2D eigenvalue weighted by molar-refractivity contribution is 6.03. The van der Waals surface area contributed by atoms with E-state index in [0.717, 1.165) is 28.9 Å². The zero-order chi connectivity index (χ0) is 23.0. The van der Waals surface area contributed by atoms with E-state index in [2.05, 4.69) is 20.6 Å². The Morgan fingerprint density at radius 3 is 2.41 bits per heavy atom. The highest BCUT2D eigenvalue weighted by atomic mass is 19.4. The Labute approximate surface area is 184 Å². The van der Waals surface area contributed by atoms with Crippen LogP contribution >= 0.6 is 0 Å². The summed E-state index contributed by atoms with van der Waals surface area (Å²) < 4.78 is 39.4. The van der Waals surface area contributed by atoms with Crippen LogP contribution in [0.1, 0.15) is 46.1 Å². The molecular weight excluding hydrogens is 417 g/mol. The van der Waals surface area contributed by atoms with Crippen LogP contribution < -0.4 is 10.6 Å². The largest absolute Gasteiger partial charge is 0.416 e. The number of benzene rings is 2. The minimum atomic E-state index is -4.47. The van der Waals surface area contributed by atoms with E-state index in [-0.39, 0.29) is 29.2 Å². The Bertz CT molecular complexity index is 1190. The molecule has 8 heteroatoms. The van der Waals surface area contributed by atoms with Crippen LogP contribution in [0.25, 0.3) is 0 Å². The van der Waals surface area contributed by atoms with Gasteiger partial charge in [-0.15, -0.1) is 0 Å². The molecule has 0 fully saturated rings. The number of ketones is 1. The number of carbonyl (C=O) groups is 1. The number of aromatic nitrogens is 2. The molecule has 32 heavy (non-hydrogen) atoms. The predicted octanol–water partition coefficient (Wildman–Crippen LogP) is 6.36. The molecule has 1 aromatic heterocycles. The number of carbonyl (C=O) groups excluding carboxylic acids is 1. The van der Waals surface area contributed by atoms with Gasteiger partial charge in [-0.2, -0.15) is 18.2 Å². The number of halogens is 3. The molecule has 2 aromatic carbocycles. The first kappa shape index (κ1) is 21.8. The topological polar surface area (TPSA) is 66.9 Å². The van der Waals surface area contributed by atoms with Crippen molar-refractivity contribution in [2.24, 2.45) is 5.92 Å². The molecule has 5 nitrogen and oxygen atoms in total. The Balaban J connectivity index is 1.75. The van der Waals surface area contributed by atoms with Crippen LogP contribution in [0.2, 0.25) is 0 Å². The number of Topliss-reactive ketones (excluding diaryl/α,β-unsaturated/α-hetero) is 1. The number of hydrogen-bond donors (Lipinski definition) is 2. The number of aryl methyl sites for hydroxylation is 2. The quantitative estimate of drug-likeness (QED) is 0.494. The fourth-order valence-electron chi connectivity index (χ4n) is 3.77. The minimum absolute atomic E-state index is 0.119. The molecule has 1 atom stereocenters. The van der Waals surface area contributed by atoms with Gasteiger partial charge in [-0.05, 0) is 67.6 Å². The van der Waals surface area contributed by atoms with Gasteiger partial charge in [0, 0.05) is 17.8 Å². The molecule has 0 spiro atoms. The van der Waals surface area contributed by atoms with E-state index < -0.39 is 11.7 Å². The summed E-state index contributed by atoms with van der Waals surface area (Å²) >= 11 is 0. The molecule has 1 heterocycles. The number of anilines is 4. The molecule has 3 aromatic rings. The molecule has 1 aliphatic carbocycles. The number of nitrogens with one attached hydrogen (secondary N) is 2. The van der Waals surface area contributed by atoms with Gasteiger partial charge >= 0.3 is 6.18 Å². The zero-order valence-electron chi connectivity index (χ0n) is 18.0. The van der Waals surface area contributed by atoms with Crippen LogP contribution in [0, 0.1) is 19.8 Å². The van der Waals surface area contributed by atoms with Crippen molar-refractivity contribution < 1.29 is 18.0 Å². The zero-order valence-corrected chi connectivity index (χ0v) is 18.0. The van der Waals surface area contributed by atoms with Crippen LogP contribution in [0.5, 0.6) is 0 Å². The summed E-state index contributed by atoms with van der Waals surface area (Å²) in [6.45, 7) is 5.98. The molecular formula is C24H23F3N4O. The van der Waals surface area contributed by atoms with Gasteiger partial charge in [0.1, 0.15) is 5.82 Å². The smallest absolute Gasteiger partial charge is 0.339 e. The van der Waals surface area contributed by atoms with E-state index in [1.807, 2.05) is 39.0 Å². The first-order valence-electron chi connectivity index (χ1n) is 10.3. The highest BCUT2D eigenvalue weighted by Gasteiger charge is 2.31. The summed E-state index contributed by atoms with van der Waals surface area (Å²) in [4.78, 5) is 21.8. The van der Waals surface area contributed by atoms with Gasteiger partial charge in [-0.25, -0.2) is 4.98 Å². The average Bonchev–Trinajstić information content (AvgIpc) is 2.69. The predicted molar refractivity (Wildman–Crippen MR) is 118 cm³/mol. The number of rotatable bonds is 4. The third kappa shape index (κ3) is 4.59. The molecule has 0 aliphatic heterocycles. The van der Waals surface area contributed by atoms with E-state index >= 15 is 0 Å². The monoisotopic (exact) mass is 440 g/mol.